The average molecular weight is 526 g/mol. The molecule has 0 atom stereocenters. The van der Waals surface area contributed by atoms with Crippen LogP contribution in [-0.2, 0) is 4.79 Å². The lowest BCUT2D eigenvalue weighted by atomic mass is 10.2. The van der Waals surface area contributed by atoms with E-state index in [0.717, 1.165) is 35.4 Å². The second kappa shape index (κ2) is 11.6. The normalized spacial score (nSPS) is 10.8. The Hall–Kier alpha value is -4.95. The van der Waals surface area contributed by atoms with Crippen LogP contribution in [0, 0.1) is 13.5 Å². The number of ether oxygens (including phenoxy) is 1. The maximum atomic E-state index is 12.2. The van der Waals surface area contributed by atoms with Gasteiger partial charge in [-0.25, -0.2) is 14.5 Å². The molecule has 0 saturated carbocycles. The molecule has 2 N–H and O–H groups in total. The molecular formula is C28H31N9O2. The van der Waals surface area contributed by atoms with Gasteiger partial charge in [-0.1, -0.05) is 12.6 Å². The van der Waals surface area contributed by atoms with E-state index in [2.05, 4.69) is 42.0 Å². The molecule has 0 bridgehead atoms. The fraction of sp³-hybridized carbons (Fsp3) is 0.250. The number of nitrogens with one attached hydrogen (secondary N) is 2. The lowest BCUT2D eigenvalue weighted by molar-refractivity contribution is -0.111. The van der Waals surface area contributed by atoms with E-state index in [1.165, 1.54) is 6.08 Å². The highest BCUT2D eigenvalue weighted by Gasteiger charge is 2.17. The number of amides is 1. The fourth-order valence-electron chi connectivity index (χ4n) is 4.05. The molecule has 1 amide bonds. The maximum Gasteiger partial charge on any atom is 0.247 e. The lowest BCUT2D eigenvalue weighted by Crippen LogP contribution is -2.29. The van der Waals surface area contributed by atoms with E-state index in [1.807, 2.05) is 51.2 Å². The number of carbonyl (C=O) groups excluding carboxylic acids is 1. The van der Waals surface area contributed by atoms with E-state index >= 15 is 0 Å². The molecule has 2 aromatic carbocycles. The number of aromatic nitrogens is 4. The Bertz CT molecular complexity index is 1570. The number of hydrogen-bond acceptors (Lipinski definition) is 8. The first kappa shape index (κ1) is 27.1. The van der Waals surface area contributed by atoms with Crippen molar-refractivity contribution in [1.82, 2.24) is 24.6 Å². The second-order valence-corrected chi connectivity index (χ2v) is 9.16. The van der Waals surface area contributed by atoms with Gasteiger partial charge >= 0.3 is 0 Å². The first-order valence-electron chi connectivity index (χ1n) is 12.2. The number of nitrogens with zero attached hydrogens (tertiary/aromatic N) is 7. The molecule has 0 aliphatic heterocycles. The van der Waals surface area contributed by atoms with Crippen molar-refractivity contribution in [3.63, 3.8) is 0 Å². The van der Waals surface area contributed by atoms with Crippen LogP contribution in [0.2, 0.25) is 0 Å². The van der Waals surface area contributed by atoms with Crippen molar-refractivity contribution in [3.05, 3.63) is 72.4 Å². The number of aryl methyl sites for hydroxylation is 1. The van der Waals surface area contributed by atoms with Crippen LogP contribution >= 0.6 is 0 Å². The fourth-order valence-corrected chi connectivity index (χ4v) is 4.05. The predicted octanol–water partition coefficient (Wildman–Crippen LogP) is 4.55. The summed E-state index contributed by atoms with van der Waals surface area (Å²) < 4.78 is 7.41. The standard InChI is InChI=1S/C28H31N9O2/c1-8-27(38)31-21-16-22(25(39-7)17-24(21)36(6)14-13-35(4)5)32-28-30-12-11-26(33-28)37-23-10-9-19(29-3)15-20(23)18(2)34-37/h8-12,15-17H,1,13-14H2,2,4-7H3,(H,31,38)(H,30,32,33). The monoisotopic (exact) mass is 525 g/mol. The number of likely N-dealkylation sites (N-methyl/N-ethyl adjacent to an activating group) is 2. The number of rotatable bonds is 10. The van der Waals surface area contributed by atoms with Gasteiger partial charge in [0.05, 0.1) is 42.0 Å². The lowest BCUT2D eigenvalue weighted by Gasteiger charge is -2.26. The van der Waals surface area contributed by atoms with Crippen molar-refractivity contribution in [1.29, 1.82) is 0 Å². The van der Waals surface area contributed by atoms with Gasteiger partial charge in [0.15, 0.2) is 11.5 Å². The van der Waals surface area contributed by atoms with Crippen molar-refractivity contribution in [2.24, 2.45) is 0 Å². The number of benzene rings is 2. The molecule has 2 heterocycles. The summed E-state index contributed by atoms with van der Waals surface area (Å²) in [4.78, 5) is 29.0. The van der Waals surface area contributed by atoms with Crippen molar-refractivity contribution < 1.29 is 9.53 Å². The highest BCUT2D eigenvalue weighted by Crippen LogP contribution is 2.38. The summed E-state index contributed by atoms with van der Waals surface area (Å²) in [6.07, 6.45) is 2.86. The third-order valence-electron chi connectivity index (χ3n) is 6.14. The molecule has 4 rings (SSSR count). The summed E-state index contributed by atoms with van der Waals surface area (Å²) >= 11 is 0. The maximum absolute atomic E-state index is 12.2. The molecule has 0 spiro atoms. The molecule has 0 aliphatic carbocycles. The van der Waals surface area contributed by atoms with Crippen LogP contribution in [0.1, 0.15) is 5.69 Å². The Balaban J connectivity index is 1.71. The van der Waals surface area contributed by atoms with Crippen LogP contribution in [0.25, 0.3) is 21.6 Å². The van der Waals surface area contributed by atoms with Crippen LogP contribution in [0.3, 0.4) is 0 Å². The Morgan fingerprint density at radius 2 is 1.97 bits per heavy atom. The molecule has 11 nitrogen and oxygen atoms in total. The van der Waals surface area contributed by atoms with Crippen molar-refractivity contribution in [2.75, 3.05) is 56.9 Å². The molecule has 0 fully saturated rings. The van der Waals surface area contributed by atoms with Gasteiger partial charge in [0, 0.05) is 43.9 Å². The minimum absolute atomic E-state index is 0.319. The molecular weight excluding hydrogens is 494 g/mol. The highest BCUT2D eigenvalue weighted by molar-refractivity contribution is 6.02. The predicted molar refractivity (Wildman–Crippen MR) is 155 cm³/mol. The number of fused-ring (bicyclic) bond motifs is 1. The van der Waals surface area contributed by atoms with E-state index in [4.69, 9.17) is 11.3 Å². The van der Waals surface area contributed by atoms with Gasteiger partial charge in [-0.2, -0.15) is 10.1 Å². The van der Waals surface area contributed by atoms with E-state index < -0.39 is 0 Å². The zero-order valence-corrected chi connectivity index (χ0v) is 22.7. The average Bonchev–Trinajstić information content (AvgIpc) is 3.27. The van der Waals surface area contributed by atoms with Gasteiger partial charge in [-0.3, -0.25) is 4.79 Å². The number of carbonyl (C=O) groups is 1. The van der Waals surface area contributed by atoms with Crippen LogP contribution < -0.4 is 20.3 Å². The summed E-state index contributed by atoms with van der Waals surface area (Å²) in [6.45, 7) is 14.3. The first-order valence-corrected chi connectivity index (χ1v) is 12.2. The smallest absolute Gasteiger partial charge is 0.247 e. The van der Waals surface area contributed by atoms with Gasteiger partial charge in [0.25, 0.3) is 0 Å². The summed E-state index contributed by atoms with van der Waals surface area (Å²) in [7, 11) is 7.56. The van der Waals surface area contributed by atoms with Crippen LogP contribution in [0.15, 0.2) is 55.3 Å². The minimum Gasteiger partial charge on any atom is -0.494 e. The van der Waals surface area contributed by atoms with Crippen LogP contribution in [0.5, 0.6) is 5.75 Å². The summed E-state index contributed by atoms with van der Waals surface area (Å²) in [5.41, 5.74) is 4.13. The second-order valence-electron chi connectivity index (χ2n) is 9.16. The van der Waals surface area contributed by atoms with E-state index in [9.17, 15) is 4.79 Å². The Kier molecular flexibility index (Phi) is 8.07. The first-order chi connectivity index (χ1) is 18.7. The molecule has 11 heteroatoms. The van der Waals surface area contributed by atoms with E-state index in [0.29, 0.717) is 34.6 Å². The zero-order valence-electron chi connectivity index (χ0n) is 22.7. The van der Waals surface area contributed by atoms with Crippen molar-refractivity contribution in [3.8, 4) is 11.6 Å². The molecule has 0 unspecified atom stereocenters. The quantitative estimate of drug-likeness (QED) is 0.230. The largest absolute Gasteiger partial charge is 0.494 e. The van der Waals surface area contributed by atoms with Crippen LogP contribution in [0.4, 0.5) is 28.7 Å². The molecule has 0 radical (unpaired) electrons. The van der Waals surface area contributed by atoms with Crippen LogP contribution in [-0.4, -0.2) is 71.9 Å². The summed E-state index contributed by atoms with van der Waals surface area (Å²) in [5, 5.41) is 11.6. The van der Waals surface area contributed by atoms with Crippen molar-refractivity contribution >= 4 is 45.5 Å². The number of methoxy groups -OCH3 is 1. The van der Waals surface area contributed by atoms with Gasteiger partial charge in [0.1, 0.15) is 5.75 Å². The Labute approximate surface area is 227 Å². The summed E-state index contributed by atoms with van der Waals surface area (Å²) in [6, 6.07) is 10.9. The molecule has 200 valence electrons. The van der Waals surface area contributed by atoms with Gasteiger partial charge in [-0.05, 0) is 45.3 Å². The molecule has 0 aliphatic rings. The topological polar surface area (TPSA) is 105 Å². The summed E-state index contributed by atoms with van der Waals surface area (Å²) in [5.74, 6) is 1.10. The third-order valence-corrected chi connectivity index (χ3v) is 6.14. The SMILES string of the molecule is [C-]#[N+]c1ccc2c(c1)c(C)nn2-c1ccnc(Nc2cc(NC(=O)C=C)c(N(C)CCN(C)C)cc2OC)n1. The van der Waals surface area contributed by atoms with Crippen molar-refractivity contribution in [2.45, 2.75) is 6.92 Å². The molecule has 0 saturated heterocycles. The molecule has 2 aromatic heterocycles. The number of hydrogen-bond donors (Lipinski definition) is 2. The third kappa shape index (κ3) is 5.97. The molecule has 39 heavy (non-hydrogen) atoms. The van der Waals surface area contributed by atoms with Gasteiger partial charge < -0.3 is 25.2 Å². The van der Waals surface area contributed by atoms with Gasteiger partial charge in [0.2, 0.25) is 11.9 Å². The molecule has 4 aromatic rings. The van der Waals surface area contributed by atoms with E-state index in [1.54, 1.807) is 36.2 Å². The highest BCUT2D eigenvalue weighted by atomic mass is 16.5. The minimum atomic E-state index is -0.325. The zero-order chi connectivity index (χ0) is 28.1. The van der Waals surface area contributed by atoms with Gasteiger partial charge in [-0.15, -0.1) is 0 Å². The number of anilines is 4. The Morgan fingerprint density at radius 1 is 1.18 bits per heavy atom. The van der Waals surface area contributed by atoms with E-state index in [-0.39, 0.29) is 5.91 Å². The Morgan fingerprint density at radius 3 is 2.67 bits per heavy atom.